The molecule has 0 aliphatic carbocycles. The molecule has 2 nitrogen and oxygen atoms in total. The highest BCUT2D eigenvalue weighted by atomic mass is 32.2. The highest BCUT2D eigenvalue weighted by Crippen LogP contribution is 2.18. The van der Waals surface area contributed by atoms with E-state index in [-0.39, 0.29) is 6.61 Å². The van der Waals surface area contributed by atoms with Crippen molar-refractivity contribution in [2.45, 2.75) is 17.9 Å². The highest BCUT2D eigenvalue weighted by Gasteiger charge is 2.01. The number of thioether (sulfide) groups is 1. The van der Waals surface area contributed by atoms with Crippen molar-refractivity contribution >= 4 is 23.1 Å². The molecule has 0 aliphatic rings. The van der Waals surface area contributed by atoms with Crippen LogP contribution in [-0.4, -0.2) is 21.9 Å². The molecular formula is C7H11NOS2. The van der Waals surface area contributed by atoms with Gasteiger partial charge in [-0.05, 0) is 0 Å². The van der Waals surface area contributed by atoms with Crippen LogP contribution in [-0.2, 0) is 5.75 Å². The summed E-state index contributed by atoms with van der Waals surface area (Å²) in [4.78, 5) is 4.14. The fourth-order valence-corrected chi connectivity index (χ4v) is 2.07. The first kappa shape index (κ1) is 9.03. The van der Waals surface area contributed by atoms with E-state index in [4.69, 9.17) is 5.11 Å². The zero-order valence-electron chi connectivity index (χ0n) is 6.36. The molecule has 0 spiro atoms. The second kappa shape index (κ2) is 4.74. The van der Waals surface area contributed by atoms with Crippen molar-refractivity contribution < 1.29 is 5.11 Å². The van der Waals surface area contributed by atoms with Gasteiger partial charge in [-0.2, -0.15) is 0 Å². The zero-order valence-corrected chi connectivity index (χ0v) is 7.99. The fraction of sp³-hybridized carbons (Fsp3) is 0.571. The van der Waals surface area contributed by atoms with Crippen LogP contribution in [0.5, 0.6) is 0 Å². The third-order valence-corrected chi connectivity index (χ3v) is 3.35. The monoisotopic (exact) mass is 189 g/mol. The lowest BCUT2D eigenvalue weighted by Gasteiger charge is -2.04. The van der Waals surface area contributed by atoms with E-state index < -0.39 is 0 Å². The van der Waals surface area contributed by atoms with Crippen LogP contribution in [0.3, 0.4) is 0 Å². The van der Waals surface area contributed by atoms with Gasteiger partial charge in [0.15, 0.2) is 0 Å². The quantitative estimate of drug-likeness (QED) is 0.783. The number of aliphatic hydroxyl groups excluding tert-OH is 1. The molecule has 0 saturated carbocycles. The van der Waals surface area contributed by atoms with E-state index in [1.165, 1.54) is 0 Å². The fourth-order valence-electron chi connectivity index (χ4n) is 0.591. The van der Waals surface area contributed by atoms with Crippen molar-refractivity contribution in [3.05, 3.63) is 16.6 Å². The van der Waals surface area contributed by atoms with E-state index in [0.717, 1.165) is 10.8 Å². The normalized spacial score (nSPS) is 13.3. The van der Waals surface area contributed by atoms with Crippen LogP contribution in [0, 0.1) is 0 Å². The number of aliphatic hydroxyl groups is 1. The van der Waals surface area contributed by atoms with Gasteiger partial charge >= 0.3 is 0 Å². The molecule has 0 saturated heterocycles. The summed E-state index contributed by atoms with van der Waals surface area (Å²) < 4.78 is 0. The summed E-state index contributed by atoms with van der Waals surface area (Å²) in [6.45, 7) is 2.26. The molecule has 0 aromatic carbocycles. The van der Waals surface area contributed by atoms with E-state index in [0.29, 0.717) is 5.25 Å². The lowest BCUT2D eigenvalue weighted by Crippen LogP contribution is -2.01. The van der Waals surface area contributed by atoms with Crippen LogP contribution in [0.4, 0.5) is 0 Å². The molecule has 62 valence electrons. The Morgan fingerprint density at radius 1 is 1.82 bits per heavy atom. The van der Waals surface area contributed by atoms with Crippen molar-refractivity contribution in [1.29, 1.82) is 0 Å². The minimum absolute atomic E-state index is 0.246. The molecule has 0 amide bonds. The Morgan fingerprint density at radius 3 is 3.18 bits per heavy atom. The van der Waals surface area contributed by atoms with Crippen LogP contribution in [0.2, 0.25) is 0 Å². The Kier molecular flexibility index (Phi) is 3.90. The molecule has 4 heteroatoms. The Labute approximate surface area is 74.7 Å². The van der Waals surface area contributed by atoms with Gasteiger partial charge in [-0.15, -0.1) is 23.1 Å². The molecule has 1 heterocycles. The van der Waals surface area contributed by atoms with E-state index in [1.807, 2.05) is 18.5 Å². The Hall–Kier alpha value is -0.0600. The first-order valence-corrected chi connectivity index (χ1v) is 5.36. The molecule has 1 rings (SSSR count). The maximum Gasteiger partial charge on any atom is 0.102 e. The summed E-state index contributed by atoms with van der Waals surface area (Å²) >= 11 is 3.39. The van der Waals surface area contributed by atoms with Crippen molar-refractivity contribution in [3.63, 3.8) is 0 Å². The van der Waals surface area contributed by atoms with E-state index >= 15 is 0 Å². The third kappa shape index (κ3) is 3.22. The smallest absolute Gasteiger partial charge is 0.102 e. The molecular weight excluding hydrogens is 178 g/mol. The van der Waals surface area contributed by atoms with Gasteiger partial charge in [0.2, 0.25) is 0 Å². The summed E-state index contributed by atoms with van der Waals surface area (Å²) in [7, 11) is 0. The summed E-state index contributed by atoms with van der Waals surface area (Å²) in [5, 5.41) is 12.2. The van der Waals surface area contributed by atoms with E-state index in [9.17, 15) is 0 Å². The average molecular weight is 189 g/mol. The standard InChI is InChI=1S/C7H11NOS2/c1-6(4-9)11-5-7-8-2-3-10-7/h2-3,6,9H,4-5H2,1H3. The average Bonchev–Trinajstić information content (AvgIpc) is 2.52. The molecule has 0 bridgehead atoms. The first-order valence-electron chi connectivity index (χ1n) is 3.43. The van der Waals surface area contributed by atoms with Gasteiger partial charge in [0.05, 0.1) is 6.61 Å². The van der Waals surface area contributed by atoms with Crippen molar-refractivity contribution in [3.8, 4) is 0 Å². The predicted octanol–water partition coefficient (Wildman–Crippen LogP) is 1.76. The zero-order chi connectivity index (χ0) is 8.10. The maximum absolute atomic E-state index is 8.73. The lowest BCUT2D eigenvalue weighted by molar-refractivity contribution is 0.300. The van der Waals surface area contributed by atoms with E-state index in [1.54, 1.807) is 23.1 Å². The van der Waals surface area contributed by atoms with Gasteiger partial charge in [0.25, 0.3) is 0 Å². The van der Waals surface area contributed by atoms with E-state index in [2.05, 4.69) is 4.98 Å². The third-order valence-electron chi connectivity index (χ3n) is 1.23. The SMILES string of the molecule is CC(CO)SCc1nccs1. The van der Waals surface area contributed by atoms with Gasteiger partial charge in [0.1, 0.15) is 5.01 Å². The lowest BCUT2D eigenvalue weighted by atomic mass is 10.5. The van der Waals surface area contributed by atoms with Gasteiger partial charge in [-0.25, -0.2) is 4.98 Å². The summed E-state index contributed by atoms with van der Waals surface area (Å²) in [6, 6.07) is 0. The van der Waals surface area contributed by atoms with Gasteiger partial charge in [-0.3, -0.25) is 0 Å². The topological polar surface area (TPSA) is 33.1 Å². The van der Waals surface area contributed by atoms with Crippen LogP contribution in [0.1, 0.15) is 11.9 Å². The Bertz CT molecular complexity index is 188. The number of hydrogen-bond acceptors (Lipinski definition) is 4. The Morgan fingerprint density at radius 2 is 2.64 bits per heavy atom. The molecule has 0 radical (unpaired) electrons. The van der Waals surface area contributed by atoms with Gasteiger partial charge in [-0.1, -0.05) is 6.92 Å². The highest BCUT2D eigenvalue weighted by molar-refractivity contribution is 7.99. The number of thiazole rings is 1. The summed E-state index contributed by atoms with van der Waals surface area (Å²) in [5.74, 6) is 0.916. The van der Waals surface area contributed by atoms with Crippen LogP contribution < -0.4 is 0 Å². The second-order valence-electron chi connectivity index (χ2n) is 2.23. The van der Waals surface area contributed by atoms with Crippen LogP contribution in [0.15, 0.2) is 11.6 Å². The Balaban J connectivity index is 2.23. The van der Waals surface area contributed by atoms with Crippen LogP contribution in [0.25, 0.3) is 0 Å². The number of hydrogen-bond donors (Lipinski definition) is 1. The molecule has 1 atom stereocenters. The molecule has 1 aromatic heterocycles. The van der Waals surface area contributed by atoms with Crippen molar-refractivity contribution in [1.82, 2.24) is 4.98 Å². The summed E-state index contributed by atoms with van der Waals surface area (Å²) in [6.07, 6.45) is 1.81. The maximum atomic E-state index is 8.73. The predicted molar refractivity (Wildman–Crippen MR) is 50.0 cm³/mol. The van der Waals surface area contributed by atoms with Crippen molar-refractivity contribution in [2.75, 3.05) is 6.61 Å². The number of rotatable bonds is 4. The molecule has 1 N–H and O–H groups in total. The minimum atomic E-state index is 0.246. The largest absolute Gasteiger partial charge is 0.395 e. The van der Waals surface area contributed by atoms with Gasteiger partial charge < -0.3 is 5.11 Å². The first-order chi connectivity index (χ1) is 5.33. The molecule has 1 aromatic rings. The van der Waals surface area contributed by atoms with Crippen molar-refractivity contribution in [2.24, 2.45) is 0 Å². The van der Waals surface area contributed by atoms with Gasteiger partial charge in [0, 0.05) is 22.6 Å². The molecule has 0 aliphatic heterocycles. The minimum Gasteiger partial charge on any atom is -0.395 e. The molecule has 0 fully saturated rings. The van der Waals surface area contributed by atoms with Crippen LogP contribution >= 0.6 is 23.1 Å². The molecule has 11 heavy (non-hydrogen) atoms. The molecule has 1 unspecified atom stereocenters. The number of aromatic nitrogens is 1. The second-order valence-corrected chi connectivity index (χ2v) is 4.64. The summed E-state index contributed by atoms with van der Waals surface area (Å²) in [5.41, 5.74) is 0. The number of nitrogens with zero attached hydrogens (tertiary/aromatic N) is 1.